The maximum Gasteiger partial charge on any atom is 0.342 e. The molecule has 13 rings (SSSR count). The van der Waals surface area contributed by atoms with E-state index in [1.54, 1.807) is 22.7 Å². The summed E-state index contributed by atoms with van der Waals surface area (Å²) in [5, 5.41) is 9.37. The fraction of sp³-hybridized carbons (Fsp3) is 0.194. The van der Waals surface area contributed by atoms with Gasteiger partial charge in [0.05, 0.1) is 11.4 Å². The van der Waals surface area contributed by atoms with Gasteiger partial charge in [0.2, 0.25) is 0 Å². The molecule has 6 heterocycles. The minimum atomic E-state index is -0.314. The fourth-order valence-electron chi connectivity index (χ4n) is 10.9. The van der Waals surface area contributed by atoms with E-state index in [-0.39, 0.29) is 23.0 Å². The van der Waals surface area contributed by atoms with Gasteiger partial charge in [0, 0.05) is 64.8 Å². The molecule has 4 aromatic heterocycles. The summed E-state index contributed by atoms with van der Waals surface area (Å²) >= 11 is 3.61. The van der Waals surface area contributed by atoms with Crippen molar-refractivity contribution in [3.05, 3.63) is 173 Å². The quantitative estimate of drug-likeness (QED) is 0.165. The Morgan fingerprint density at radius 3 is 1.23 bits per heavy atom. The number of hydrogen-bond donors (Lipinski definition) is 0. The third-order valence-corrected chi connectivity index (χ3v) is 16.6. The molecular weight excluding hydrogens is 880 g/mol. The summed E-state index contributed by atoms with van der Waals surface area (Å²) in [4.78, 5) is 5.00. The van der Waals surface area contributed by atoms with Crippen molar-refractivity contribution in [2.75, 3.05) is 9.80 Å². The molecule has 4 nitrogen and oxygen atoms in total. The first-order chi connectivity index (χ1) is 33.1. The van der Waals surface area contributed by atoms with Crippen LogP contribution in [-0.4, -0.2) is 6.71 Å². The van der Waals surface area contributed by atoms with Crippen LogP contribution in [0.15, 0.2) is 165 Å². The summed E-state index contributed by atoms with van der Waals surface area (Å²) in [6.07, 6.45) is 0. The van der Waals surface area contributed by atoms with E-state index < -0.39 is 0 Å². The van der Waals surface area contributed by atoms with E-state index in [2.05, 4.69) is 228 Å². The lowest BCUT2D eigenvalue weighted by atomic mass is 9.37. The number of rotatable bonds is 4. The van der Waals surface area contributed by atoms with E-state index in [0.29, 0.717) is 0 Å². The van der Waals surface area contributed by atoms with E-state index in [9.17, 15) is 0 Å². The lowest BCUT2D eigenvalue weighted by Crippen LogP contribution is -2.60. The minimum Gasteiger partial charge on any atom is -0.468 e. The average molecular weight is 933 g/mol. The predicted octanol–water partition coefficient (Wildman–Crippen LogP) is 16.9. The molecule has 0 spiro atoms. The molecule has 0 N–H and O–H groups in total. The van der Waals surface area contributed by atoms with Gasteiger partial charge in [-0.25, -0.2) is 0 Å². The van der Waals surface area contributed by atoms with Gasteiger partial charge in [0.1, 0.15) is 22.5 Å². The van der Waals surface area contributed by atoms with Crippen LogP contribution in [0.5, 0.6) is 0 Å². The second-order valence-corrected chi connectivity index (χ2v) is 24.0. The molecule has 2 aliphatic heterocycles. The molecule has 7 heteroatoms. The Balaban J connectivity index is 1.10. The fourth-order valence-corrected chi connectivity index (χ4v) is 12.8. The second kappa shape index (κ2) is 14.9. The lowest BCUT2D eigenvalue weighted by Gasteiger charge is -2.42. The van der Waals surface area contributed by atoms with E-state index in [0.717, 1.165) is 67.4 Å². The maximum absolute atomic E-state index is 7.33. The molecule has 338 valence electrons. The standard InChI is InChI=1S/C62H53BN2O2S2/c1-60(2,3)38-22-28-51-45(30-38)56-58(66-51)63-55-49(64(56)41-24-18-36(19-25-41)47-34-68-53-16-12-10-14-43(47)53)32-40(62(7,8)9)33-50(55)65(57-46-31-39(61(4,5)6)23-29-52(46)67-59(57)63)42-26-20-37(21-27-42)48-35-69-54-17-13-11-15-44(48)54/h10-35H,1-9H3. The van der Waals surface area contributed by atoms with Crippen LogP contribution in [0.3, 0.4) is 0 Å². The highest BCUT2D eigenvalue weighted by atomic mass is 32.1. The Morgan fingerprint density at radius 2 is 0.826 bits per heavy atom. The highest BCUT2D eigenvalue weighted by Crippen LogP contribution is 2.51. The first kappa shape index (κ1) is 42.3. The number of thiophene rings is 2. The van der Waals surface area contributed by atoms with Crippen LogP contribution in [-0.2, 0) is 16.2 Å². The van der Waals surface area contributed by atoms with Gasteiger partial charge in [0.15, 0.2) is 0 Å². The second-order valence-electron chi connectivity index (χ2n) is 22.2. The van der Waals surface area contributed by atoms with Crippen LogP contribution in [0.2, 0.25) is 0 Å². The Bertz CT molecular complexity index is 3620. The topological polar surface area (TPSA) is 32.8 Å². The highest BCUT2D eigenvalue weighted by molar-refractivity contribution is 7.18. The minimum absolute atomic E-state index is 0.0681. The molecule has 11 aromatic rings. The Morgan fingerprint density at radius 1 is 0.420 bits per heavy atom. The van der Waals surface area contributed by atoms with Gasteiger partial charge in [-0.15, -0.1) is 22.7 Å². The third-order valence-electron chi connectivity index (χ3n) is 14.7. The molecule has 7 aromatic carbocycles. The number of benzene rings is 7. The summed E-state index contributed by atoms with van der Waals surface area (Å²) in [5.41, 5.74) is 19.7. The molecule has 0 atom stereocenters. The molecule has 0 fully saturated rings. The number of furan rings is 2. The van der Waals surface area contributed by atoms with Gasteiger partial charge in [-0.05, 0) is 133 Å². The molecule has 2 aliphatic rings. The Hall–Kier alpha value is -6.80. The highest BCUT2D eigenvalue weighted by Gasteiger charge is 2.50. The number of anilines is 6. The molecule has 0 aliphatic carbocycles. The van der Waals surface area contributed by atoms with Crippen molar-refractivity contribution in [1.29, 1.82) is 0 Å². The van der Waals surface area contributed by atoms with Crippen LogP contribution >= 0.6 is 22.7 Å². The summed E-state index contributed by atoms with van der Waals surface area (Å²) in [6, 6.07) is 54.4. The van der Waals surface area contributed by atoms with Crippen LogP contribution in [0.25, 0.3) is 64.4 Å². The van der Waals surface area contributed by atoms with Crippen LogP contribution in [0.4, 0.5) is 34.1 Å². The third kappa shape index (κ3) is 6.53. The molecule has 0 saturated heterocycles. The number of hydrogen-bond acceptors (Lipinski definition) is 6. The van der Waals surface area contributed by atoms with E-state index in [1.807, 2.05) is 0 Å². The van der Waals surface area contributed by atoms with Crippen LogP contribution in [0.1, 0.15) is 79.0 Å². The summed E-state index contributed by atoms with van der Waals surface area (Å²) < 4.78 is 17.3. The Labute approximate surface area is 412 Å². The first-order valence-electron chi connectivity index (χ1n) is 24.2. The van der Waals surface area contributed by atoms with Crippen molar-refractivity contribution in [3.63, 3.8) is 0 Å². The molecule has 0 unspecified atom stereocenters. The summed E-state index contributed by atoms with van der Waals surface area (Å²) in [7, 11) is 0. The molecular formula is C62H53BN2O2S2. The van der Waals surface area contributed by atoms with Gasteiger partial charge < -0.3 is 18.6 Å². The lowest BCUT2D eigenvalue weighted by molar-refractivity contribution is 0.590. The summed E-state index contributed by atoms with van der Waals surface area (Å²) in [6.45, 7) is 20.4. The Kier molecular flexibility index (Phi) is 9.11. The smallest absolute Gasteiger partial charge is 0.342 e. The zero-order valence-corrected chi connectivity index (χ0v) is 42.2. The van der Waals surface area contributed by atoms with Crippen molar-refractivity contribution in [2.24, 2.45) is 0 Å². The van der Waals surface area contributed by atoms with Gasteiger partial charge in [-0.1, -0.05) is 135 Å². The maximum atomic E-state index is 7.33. The van der Waals surface area contributed by atoms with Crippen molar-refractivity contribution in [2.45, 2.75) is 78.6 Å². The molecule has 0 bridgehead atoms. The monoisotopic (exact) mass is 932 g/mol. The van der Waals surface area contributed by atoms with Crippen molar-refractivity contribution in [3.8, 4) is 22.3 Å². The van der Waals surface area contributed by atoms with Crippen LogP contribution < -0.4 is 26.6 Å². The van der Waals surface area contributed by atoms with Gasteiger partial charge in [0.25, 0.3) is 0 Å². The first-order valence-corrected chi connectivity index (χ1v) is 25.9. The number of fused-ring (bicyclic) bond motifs is 10. The predicted molar refractivity (Wildman–Crippen MR) is 298 cm³/mol. The molecule has 0 saturated carbocycles. The van der Waals surface area contributed by atoms with Gasteiger partial charge >= 0.3 is 6.71 Å². The molecule has 0 radical (unpaired) electrons. The zero-order valence-electron chi connectivity index (χ0n) is 40.6. The molecule has 0 amide bonds. The zero-order chi connectivity index (χ0) is 47.3. The number of nitrogens with zero attached hydrogens (tertiary/aromatic N) is 2. The SMILES string of the molecule is CC(C)(C)c1cc2c3c(c1)N(c1ccc(-c4csc5ccccc45)cc1)c1c(oc4ccc(C(C)(C)C)cc14)B3c1oc3ccc(C(C)(C)C)cc3c1N2c1ccc(-c2csc3ccccc23)cc1. The van der Waals surface area contributed by atoms with Gasteiger partial charge in [-0.2, -0.15) is 0 Å². The normalized spacial score (nSPS) is 13.8. The van der Waals surface area contributed by atoms with E-state index in [4.69, 9.17) is 8.83 Å². The van der Waals surface area contributed by atoms with Crippen LogP contribution in [0, 0.1) is 0 Å². The largest absolute Gasteiger partial charge is 0.468 e. The van der Waals surface area contributed by atoms with E-state index in [1.165, 1.54) is 64.6 Å². The van der Waals surface area contributed by atoms with Gasteiger partial charge in [-0.3, -0.25) is 0 Å². The average Bonchev–Trinajstić information content (AvgIpc) is 4.14. The van der Waals surface area contributed by atoms with Crippen molar-refractivity contribution in [1.82, 2.24) is 0 Å². The van der Waals surface area contributed by atoms with Crippen molar-refractivity contribution < 1.29 is 8.83 Å². The summed E-state index contributed by atoms with van der Waals surface area (Å²) in [5.74, 6) is 0. The van der Waals surface area contributed by atoms with E-state index >= 15 is 0 Å². The van der Waals surface area contributed by atoms with Crippen molar-refractivity contribution >= 4 is 122 Å². The molecule has 69 heavy (non-hydrogen) atoms.